The molecule has 0 aromatic heterocycles. The summed E-state index contributed by atoms with van der Waals surface area (Å²) in [7, 11) is 0. The SMILES string of the molecule is FC(F)(F)C(=C(C(C(F)(F)F)C(F)(F)F)C(F)(F)C(F)(F)F)C(F)(F)F. The normalized spacial score (nSPS) is 15.5. The maximum absolute atomic E-state index is 13.0. The van der Waals surface area contributed by atoms with Crippen LogP contribution in [0.5, 0.6) is 0 Å². The van der Waals surface area contributed by atoms with Gasteiger partial charge in [0.25, 0.3) is 0 Å². The van der Waals surface area contributed by atoms with Crippen LogP contribution < -0.4 is 0 Å². The van der Waals surface area contributed by atoms with Crippen molar-refractivity contribution in [3.05, 3.63) is 11.1 Å². The molecule has 0 rings (SSSR count). The van der Waals surface area contributed by atoms with Crippen molar-refractivity contribution in [2.75, 3.05) is 0 Å². The van der Waals surface area contributed by atoms with Gasteiger partial charge in [0.1, 0.15) is 5.57 Å². The van der Waals surface area contributed by atoms with Crippen LogP contribution in [0, 0.1) is 5.92 Å². The van der Waals surface area contributed by atoms with Gasteiger partial charge in [0.15, 0.2) is 5.92 Å². The van der Waals surface area contributed by atoms with Crippen molar-refractivity contribution >= 4 is 0 Å². The van der Waals surface area contributed by atoms with E-state index in [4.69, 9.17) is 0 Å². The molecule has 0 aromatic rings. The van der Waals surface area contributed by atoms with E-state index in [2.05, 4.69) is 0 Å². The van der Waals surface area contributed by atoms with Crippen molar-refractivity contribution in [2.24, 2.45) is 5.92 Å². The molecule has 0 radical (unpaired) electrons. The van der Waals surface area contributed by atoms with Crippen LogP contribution in [0.25, 0.3) is 0 Å². The first kappa shape index (κ1) is 24.6. The van der Waals surface area contributed by atoms with E-state index in [0.29, 0.717) is 0 Å². The van der Waals surface area contributed by atoms with Gasteiger partial charge in [-0.05, 0) is 0 Å². The molecule has 0 unspecified atom stereocenters. The first-order valence-corrected chi connectivity index (χ1v) is 5.33. The smallest absolute Gasteiger partial charge is 0.191 e. The molecule has 0 saturated carbocycles. The zero-order valence-corrected chi connectivity index (χ0v) is 11.0. The highest BCUT2D eigenvalue weighted by molar-refractivity contribution is 5.34. The van der Waals surface area contributed by atoms with Gasteiger partial charge >= 0.3 is 36.8 Å². The minimum absolute atomic E-state index is 5.26. The summed E-state index contributed by atoms with van der Waals surface area (Å²) in [6.07, 6.45) is -37.4. The summed E-state index contributed by atoms with van der Waals surface area (Å²) in [5, 5.41) is 0. The first-order valence-electron chi connectivity index (χ1n) is 5.33. The molecule has 0 bridgehead atoms. The van der Waals surface area contributed by atoms with E-state index in [1.54, 1.807) is 0 Å². The Morgan fingerprint density at radius 3 is 0.885 bits per heavy atom. The topological polar surface area (TPSA) is 0 Å². The highest BCUT2D eigenvalue weighted by Crippen LogP contribution is 2.57. The van der Waals surface area contributed by atoms with Crippen molar-refractivity contribution in [3.8, 4) is 0 Å². The number of allylic oxidation sites excluding steroid dienone is 2. The van der Waals surface area contributed by atoms with Gasteiger partial charge in [-0.3, -0.25) is 0 Å². The maximum atomic E-state index is 13.0. The van der Waals surface area contributed by atoms with Crippen LogP contribution >= 0.6 is 0 Å². The van der Waals surface area contributed by atoms with E-state index in [-0.39, 0.29) is 0 Å². The molecule has 26 heavy (non-hydrogen) atoms. The van der Waals surface area contributed by atoms with Gasteiger partial charge in [0.05, 0.1) is 0 Å². The van der Waals surface area contributed by atoms with Crippen LogP contribution in [0.15, 0.2) is 11.1 Å². The number of halogens is 17. The zero-order valence-electron chi connectivity index (χ0n) is 11.0. The zero-order chi connectivity index (χ0) is 21.7. The number of hydrogen-bond donors (Lipinski definition) is 0. The van der Waals surface area contributed by atoms with E-state index in [9.17, 15) is 74.6 Å². The van der Waals surface area contributed by atoms with Crippen LogP contribution in [0.2, 0.25) is 0 Å². The van der Waals surface area contributed by atoms with Crippen LogP contribution in [-0.4, -0.2) is 36.8 Å². The lowest BCUT2D eigenvalue weighted by atomic mass is 9.86. The standard InChI is InChI=1S/C9HF17/c10-4(11,9(24,25)26)1(2(5(12,13)14)6(15,16)17)3(7(18,19)20)8(21,22)23/h2H. The Hall–Kier alpha value is -1.45. The minimum atomic E-state index is -7.77. The maximum Gasteiger partial charge on any atom is 0.457 e. The van der Waals surface area contributed by atoms with Gasteiger partial charge < -0.3 is 0 Å². The molecule has 156 valence electrons. The Morgan fingerprint density at radius 1 is 0.462 bits per heavy atom. The molecule has 0 nitrogen and oxygen atoms in total. The predicted octanol–water partition coefficient (Wildman–Crippen LogP) is 6.35. The van der Waals surface area contributed by atoms with E-state index in [1.165, 1.54) is 0 Å². The highest BCUT2D eigenvalue weighted by atomic mass is 19.4. The summed E-state index contributed by atoms with van der Waals surface area (Å²) in [5.74, 6) is -14.2. The largest absolute Gasteiger partial charge is 0.457 e. The van der Waals surface area contributed by atoms with Gasteiger partial charge in [-0.2, -0.15) is 74.6 Å². The Balaban J connectivity index is 7.55. The third-order valence-corrected chi connectivity index (χ3v) is 2.47. The number of rotatable bonds is 2. The summed E-state index contributed by atoms with van der Waals surface area (Å²) in [4.78, 5) is 0. The fourth-order valence-electron chi connectivity index (χ4n) is 1.61. The molecule has 0 atom stereocenters. The summed E-state index contributed by atoms with van der Waals surface area (Å²) in [6, 6.07) is 0. The summed E-state index contributed by atoms with van der Waals surface area (Å²) in [6.45, 7) is 0. The second-order valence-electron chi connectivity index (χ2n) is 4.37. The third-order valence-electron chi connectivity index (χ3n) is 2.47. The Morgan fingerprint density at radius 2 is 0.731 bits per heavy atom. The van der Waals surface area contributed by atoms with E-state index in [1.807, 2.05) is 0 Å². The Kier molecular flexibility index (Phi) is 5.96. The predicted molar refractivity (Wildman–Crippen MR) is 45.7 cm³/mol. The van der Waals surface area contributed by atoms with Crippen molar-refractivity contribution in [1.29, 1.82) is 0 Å². The molecule has 0 N–H and O–H groups in total. The summed E-state index contributed by atoms with van der Waals surface area (Å²) >= 11 is 0. The average Bonchev–Trinajstić information content (AvgIpc) is 2.17. The fraction of sp³-hybridized carbons (Fsp3) is 0.778. The van der Waals surface area contributed by atoms with E-state index < -0.39 is 53.9 Å². The molecule has 0 aliphatic carbocycles. The molecule has 0 aliphatic rings. The van der Waals surface area contributed by atoms with Crippen LogP contribution in [0.1, 0.15) is 0 Å². The summed E-state index contributed by atoms with van der Waals surface area (Å²) in [5.41, 5.74) is -10.5. The fourth-order valence-corrected chi connectivity index (χ4v) is 1.61. The van der Waals surface area contributed by atoms with Crippen LogP contribution in [0.4, 0.5) is 74.6 Å². The van der Waals surface area contributed by atoms with Gasteiger partial charge in [-0.15, -0.1) is 0 Å². The number of hydrogen-bond acceptors (Lipinski definition) is 0. The third kappa shape index (κ3) is 5.05. The van der Waals surface area contributed by atoms with Crippen molar-refractivity contribution in [2.45, 2.75) is 36.8 Å². The summed E-state index contributed by atoms with van der Waals surface area (Å²) < 4.78 is 210. The molecule has 0 aromatic carbocycles. The lowest BCUT2D eigenvalue weighted by Gasteiger charge is -2.34. The lowest BCUT2D eigenvalue weighted by Crippen LogP contribution is -2.51. The van der Waals surface area contributed by atoms with Crippen molar-refractivity contribution in [3.63, 3.8) is 0 Å². The van der Waals surface area contributed by atoms with Gasteiger partial charge in [0.2, 0.25) is 0 Å². The minimum Gasteiger partial charge on any atom is -0.191 e. The molecule has 0 heterocycles. The monoisotopic (exact) mass is 432 g/mol. The van der Waals surface area contributed by atoms with Crippen molar-refractivity contribution < 1.29 is 74.6 Å². The quantitative estimate of drug-likeness (QED) is 0.353. The second-order valence-corrected chi connectivity index (χ2v) is 4.37. The molecular weight excluding hydrogens is 431 g/mol. The highest BCUT2D eigenvalue weighted by Gasteiger charge is 2.74. The lowest BCUT2D eigenvalue weighted by molar-refractivity contribution is -0.308. The van der Waals surface area contributed by atoms with E-state index >= 15 is 0 Å². The molecular formula is C9HF17. The van der Waals surface area contributed by atoms with Gasteiger partial charge in [-0.25, -0.2) is 0 Å². The van der Waals surface area contributed by atoms with Crippen molar-refractivity contribution in [1.82, 2.24) is 0 Å². The molecule has 17 heteroatoms. The number of alkyl halides is 17. The molecule has 0 aliphatic heterocycles. The molecule has 0 amide bonds. The second kappa shape index (κ2) is 6.31. The average molecular weight is 432 g/mol. The molecule has 0 saturated heterocycles. The van der Waals surface area contributed by atoms with E-state index in [0.717, 1.165) is 0 Å². The Labute approximate surface area is 130 Å². The Bertz CT molecular complexity index is 499. The van der Waals surface area contributed by atoms with Crippen LogP contribution in [0.3, 0.4) is 0 Å². The van der Waals surface area contributed by atoms with Gasteiger partial charge in [0, 0.05) is 5.57 Å². The molecule has 0 spiro atoms. The van der Waals surface area contributed by atoms with Gasteiger partial charge in [-0.1, -0.05) is 0 Å². The van der Waals surface area contributed by atoms with Crippen LogP contribution in [-0.2, 0) is 0 Å². The first-order chi connectivity index (χ1) is 10.9. The molecule has 0 fully saturated rings.